The Morgan fingerprint density at radius 1 is 1.25 bits per heavy atom. The van der Waals surface area contributed by atoms with Gasteiger partial charge < -0.3 is 15.4 Å². The highest BCUT2D eigenvalue weighted by Gasteiger charge is 2.56. The fraction of sp³-hybridized carbons (Fsp3) is 0.750. The quantitative estimate of drug-likeness (QED) is 0.536. The Morgan fingerprint density at radius 3 is 2.54 bits per heavy atom. The Morgan fingerprint density at radius 2 is 1.92 bits per heavy atom. The van der Waals surface area contributed by atoms with Crippen LogP contribution in [0.5, 0.6) is 0 Å². The predicted molar refractivity (Wildman–Crippen MR) is 82.7 cm³/mol. The maximum absolute atomic E-state index is 12.4. The highest BCUT2D eigenvalue weighted by Crippen LogP contribution is 2.42. The molecule has 2 saturated carbocycles. The number of ether oxygens (including phenoxy) is 1. The lowest BCUT2D eigenvalue weighted by Crippen LogP contribution is -2.46. The summed E-state index contributed by atoms with van der Waals surface area (Å²) in [4.78, 5) is 48.8. The molecule has 0 bridgehead atoms. The molecule has 3 rings (SSSR count). The van der Waals surface area contributed by atoms with Gasteiger partial charge in [0, 0.05) is 6.04 Å². The Balaban J connectivity index is 1.45. The van der Waals surface area contributed by atoms with E-state index in [1.807, 2.05) is 0 Å². The minimum atomic E-state index is -0.919. The van der Waals surface area contributed by atoms with Crippen LogP contribution < -0.4 is 10.6 Å². The molecule has 1 aliphatic heterocycles. The van der Waals surface area contributed by atoms with Crippen molar-refractivity contribution in [3.05, 3.63) is 0 Å². The third kappa shape index (κ3) is 3.37. The molecule has 8 nitrogen and oxygen atoms in total. The number of amides is 4. The lowest BCUT2D eigenvalue weighted by Gasteiger charge is -2.20. The molecule has 2 N–H and O–H groups in total. The van der Waals surface area contributed by atoms with Crippen molar-refractivity contribution in [2.24, 2.45) is 5.92 Å². The van der Waals surface area contributed by atoms with Gasteiger partial charge in [0.2, 0.25) is 0 Å². The van der Waals surface area contributed by atoms with Crippen LogP contribution in [0.4, 0.5) is 4.79 Å². The van der Waals surface area contributed by atoms with Gasteiger partial charge in [-0.15, -0.1) is 0 Å². The van der Waals surface area contributed by atoms with Crippen LogP contribution >= 0.6 is 0 Å². The second-order valence-corrected chi connectivity index (χ2v) is 7.01. The van der Waals surface area contributed by atoms with E-state index >= 15 is 0 Å². The number of rotatable bonds is 6. The van der Waals surface area contributed by atoms with Gasteiger partial charge in [-0.1, -0.05) is 12.8 Å². The first kappa shape index (κ1) is 16.7. The molecule has 4 amide bonds. The number of imide groups is 1. The van der Waals surface area contributed by atoms with E-state index in [1.54, 1.807) is 6.92 Å². The van der Waals surface area contributed by atoms with Crippen molar-refractivity contribution in [2.75, 3.05) is 13.2 Å². The molecule has 1 atom stereocenters. The van der Waals surface area contributed by atoms with Crippen LogP contribution in [0.1, 0.15) is 45.4 Å². The fourth-order valence-corrected chi connectivity index (χ4v) is 3.46. The van der Waals surface area contributed by atoms with E-state index in [9.17, 15) is 19.2 Å². The monoisotopic (exact) mass is 337 g/mol. The third-order valence-corrected chi connectivity index (χ3v) is 5.07. The maximum Gasteiger partial charge on any atom is 0.326 e. The van der Waals surface area contributed by atoms with E-state index < -0.39 is 36.6 Å². The first-order valence-corrected chi connectivity index (χ1v) is 8.49. The van der Waals surface area contributed by atoms with Crippen LogP contribution in [0.25, 0.3) is 0 Å². The first-order chi connectivity index (χ1) is 11.4. The fourth-order valence-electron chi connectivity index (χ4n) is 3.46. The third-order valence-electron chi connectivity index (χ3n) is 5.07. The van der Waals surface area contributed by atoms with Gasteiger partial charge >= 0.3 is 12.0 Å². The summed E-state index contributed by atoms with van der Waals surface area (Å²) >= 11 is 0. The molecule has 2 aliphatic carbocycles. The average Bonchev–Trinajstić information content (AvgIpc) is 3.24. The van der Waals surface area contributed by atoms with Gasteiger partial charge in [-0.2, -0.15) is 0 Å². The van der Waals surface area contributed by atoms with Gasteiger partial charge in [-0.3, -0.25) is 19.3 Å². The van der Waals surface area contributed by atoms with Gasteiger partial charge in [-0.05, 0) is 38.5 Å². The highest BCUT2D eigenvalue weighted by atomic mass is 16.5. The summed E-state index contributed by atoms with van der Waals surface area (Å²) < 4.78 is 4.89. The molecular weight excluding hydrogens is 314 g/mol. The Hall–Kier alpha value is -2.12. The summed E-state index contributed by atoms with van der Waals surface area (Å²) in [6.45, 7) is 0.827. The van der Waals surface area contributed by atoms with Gasteiger partial charge in [0.25, 0.3) is 11.8 Å². The van der Waals surface area contributed by atoms with Crippen molar-refractivity contribution in [1.82, 2.24) is 15.5 Å². The molecule has 1 saturated heterocycles. The minimum Gasteiger partial charge on any atom is -0.454 e. The second-order valence-electron chi connectivity index (χ2n) is 7.01. The number of carbonyl (C=O) groups is 4. The summed E-state index contributed by atoms with van der Waals surface area (Å²) in [6, 6.07) is -0.428. The van der Waals surface area contributed by atoms with Gasteiger partial charge in [0.15, 0.2) is 6.61 Å². The Kier molecular flexibility index (Phi) is 4.47. The van der Waals surface area contributed by atoms with Crippen molar-refractivity contribution < 1.29 is 23.9 Å². The second kappa shape index (κ2) is 6.41. The van der Waals surface area contributed by atoms with E-state index in [1.165, 1.54) is 0 Å². The number of esters is 1. The standard InChI is InChI=1S/C16H23N3O5/c1-16(10-6-7-10)14(22)19(15(23)18-16)8-13(21)24-9-12(20)17-11-4-2-3-5-11/h10-11H,2-9H2,1H3,(H,17,20)(H,18,23)/t16-/m0/s1. The highest BCUT2D eigenvalue weighted by molar-refractivity contribution is 6.08. The molecule has 3 fully saturated rings. The molecule has 0 unspecified atom stereocenters. The summed E-state index contributed by atoms with van der Waals surface area (Å²) in [5.41, 5.74) is -0.919. The molecule has 0 spiro atoms. The molecular formula is C16H23N3O5. The van der Waals surface area contributed by atoms with Crippen LogP contribution in [0.3, 0.4) is 0 Å². The first-order valence-electron chi connectivity index (χ1n) is 8.49. The maximum atomic E-state index is 12.4. The Labute approximate surface area is 140 Å². The number of nitrogens with zero attached hydrogens (tertiary/aromatic N) is 1. The van der Waals surface area contributed by atoms with Gasteiger partial charge in [-0.25, -0.2) is 4.79 Å². The number of carbonyl (C=O) groups excluding carboxylic acids is 4. The zero-order chi connectivity index (χ0) is 17.3. The number of nitrogens with one attached hydrogen (secondary N) is 2. The van der Waals surface area contributed by atoms with E-state index in [0.29, 0.717) is 0 Å². The summed E-state index contributed by atoms with van der Waals surface area (Å²) in [6.07, 6.45) is 5.86. The SMILES string of the molecule is C[C@@]1(C2CC2)NC(=O)N(CC(=O)OCC(=O)NC2CCCC2)C1=O. The zero-order valence-electron chi connectivity index (χ0n) is 13.8. The van der Waals surface area contributed by atoms with Gasteiger partial charge in [0.1, 0.15) is 12.1 Å². The molecule has 1 heterocycles. The summed E-state index contributed by atoms with van der Waals surface area (Å²) in [7, 11) is 0. The smallest absolute Gasteiger partial charge is 0.326 e. The molecule has 8 heteroatoms. The lowest BCUT2D eigenvalue weighted by atomic mass is 9.96. The van der Waals surface area contributed by atoms with Crippen molar-refractivity contribution >= 4 is 23.8 Å². The minimum absolute atomic E-state index is 0.132. The van der Waals surface area contributed by atoms with Crippen LogP contribution in [0, 0.1) is 5.92 Å². The average molecular weight is 337 g/mol. The predicted octanol–water partition coefficient (Wildman–Crippen LogP) is 0.309. The van der Waals surface area contributed by atoms with Crippen molar-refractivity contribution in [1.29, 1.82) is 0 Å². The number of hydrogen-bond acceptors (Lipinski definition) is 5. The Bertz CT molecular complexity index is 568. The molecule has 24 heavy (non-hydrogen) atoms. The summed E-state index contributed by atoms with van der Waals surface area (Å²) in [5.74, 6) is -1.38. The van der Waals surface area contributed by atoms with E-state index in [0.717, 1.165) is 43.4 Å². The van der Waals surface area contributed by atoms with E-state index in [4.69, 9.17) is 4.74 Å². The molecule has 132 valence electrons. The van der Waals surface area contributed by atoms with Crippen molar-refractivity contribution in [2.45, 2.75) is 57.0 Å². The normalized spacial score (nSPS) is 27.3. The topological polar surface area (TPSA) is 105 Å². The summed E-state index contributed by atoms with van der Waals surface area (Å²) in [5, 5.41) is 5.47. The van der Waals surface area contributed by atoms with Crippen molar-refractivity contribution in [3.63, 3.8) is 0 Å². The molecule has 0 aromatic carbocycles. The van der Waals surface area contributed by atoms with Crippen LogP contribution in [-0.2, 0) is 19.1 Å². The van der Waals surface area contributed by atoms with Crippen molar-refractivity contribution in [3.8, 4) is 0 Å². The molecule has 3 aliphatic rings. The molecule has 0 radical (unpaired) electrons. The zero-order valence-corrected chi connectivity index (χ0v) is 13.8. The number of hydrogen-bond donors (Lipinski definition) is 2. The van der Waals surface area contributed by atoms with Crippen LogP contribution in [0.15, 0.2) is 0 Å². The molecule has 0 aromatic heterocycles. The lowest BCUT2D eigenvalue weighted by molar-refractivity contribution is -0.151. The van der Waals surface area contributed by atoms with Gasteiger partial charge in [0.05, 0.1) is 0 Å². The van der Waals surface area contributed by atoms with E-state index in [-0.39, 0.29) is 17.9 Å². The largest absolute Gasteiger partial charge is 0.454 e. The van der Waals surface area contributed by atoms with E-state index in [2.05, 4.69) is 10.6 Å². The number of urea groups is 1. The van der Waals surface area contributed by atoms with Crippen LogP contribution in [-0.4, -0.2) is 53.4 Å². The van der Waals surface area contributed by atoms with Crippen LogP contribution in [0.2, 0.25) is 0 Å². The molecule has 0 aromatic rings.